The standard InChI is InChI=1S/C37H32NO2.C14H14N.Ir/c1-22(2)18-26-12-8-14-28-31-21-30(25-16-17-38-32(20-25)24-10-6-5-7-11-24)36-33(37(31)39-34(26)28)29-15-9-13-27(19-23(3)4)35(29)40-36;1-10-4-6-13(7-5-10)14-8-11(2)12(3)9-15-14;/h5-10,12-17,20-23H,18-19H2,1-4H3;4-6,8-9H,1-3H3;/q2*-1;. The van der Waals surface area contributed by atoms with Crippen LogP contribution in [0.1, 0.15) is 55.5 Å². The number of pyridine rings is 2. The van der Waals surface area contributed by atoms with Crippen LogP contribution in [0.3, 0.4) is 0 Å². The molecule has 0 saturated heterocycles. The summed E-state index contributed by atoms with van der Waals surface area (Å²) in [6.45, 7) is 15.2. The second kappa shape index (κ2) is 16.4. The molecule has 9 rings (SSSR count). The summed E-state index contributed by atoms with van der Waals surface area (Å²) in [4.78, 5) is 9.07. The summed E-state index contributed by atoms with van der Waals surface area (Å²) >= 11 is 0. The number of fused-ring (bicyclic) bond motifs is 7. The first-order valence-corrected chi connectivity index (χ1v) is 19.3. The van der Waals surface area contributed by atoms with Crippen LogP contribution in [0.5, 0.6) is 0 Å². The fourth-order valence-corrected chi connectivity index (χ4v) is 7.48. The maximum atomic E-state index is 6.83. The van der Waals surface area contributed by atoms with Crippen molar-refractivity contribution in [3.63, 3.8) is 0 Å². The van der Waals surface area contributed by atoms with E-state index in [2.05, 4.69) is 143 Å². The van der Waals surface area contributed by atoms with E-state index in [0.29, 0.717) is 11.8 Å². The summed E-state index contributed by atoms with van der Waals surface area (Å²) in [5, 5.41) is 4.42. The van der Waals surface area contributed by atoms with E-state index in [-0.39, 0.29) is 20.1 Å². The number of rotatable bonds is 7. The van der Waals surface area contributed by atoms with Crippen molar-refractivity contribution in [3.05, 3.63) is 155 Å². The number of hydrogen-bond acceptors (Lipinski definition) is 4. The van der Waals surface area contributed by atoms with Gasteiger partial charge in [0.2, 0.25) is 0 Å². The maximum absolute atomic E-state index is 6.83. The Morgan fingerprint density at radius 2 is 1.27 bits per heavy atom. The van der Waals surface area contributed by atoms with Crippen molar-refractivity contribution < 1.29 is 28.9 Å². The van der Waals surface area contributed by atoms with Gasteiger partial charge < -0.3 is 18.8 Å². The smallest absolute Gasteiger partial charge is 0.147 e. The molecule has 0 atom stereocenters. The molecule has 0 fully saturated rings. The molecule has 0 amide bonds. The number of benzene rings is 5. The molecule has 4 nitrogen and oxygen atoms in total. The van der Waals surface area contributed by atoms with Crippen molar-refractivity contribution in [2.45, 2.75) is 61.3 Å². The zero-order valence-electron chi connectivity index (χ0n) is 33.1. The number of para-hydroxylation sites is 2. The van der Waals surface area contributed by atoms with Gasteiger partial charge in [-0.3, -0.25) is 0 Å². The molecule has 4 aromatic heterocycles. The van der Waals surface area contributed by atoms with Crippen LogP contribution >= 0.6 is 0 Å². The van der Waals surface area contributed by atoms with Crippen LogP contribution in [-0.4, -0.2) is 9.97 Å². The molecule has 0 unspecified atom stereocenters. The number of aromatic nitrogens is 2. The zero-order valence-corrected chi connectivity index (χ0v) is 35.5. The van der Waals surface area contributed by atoms with Crippen LogP contribution in [0.2, 0.25) is 0 Å². The van der Waals surface area contributed by atoms with Gasteiger partial charge in [0.1, 0.15) is 22.3 Å². The van der Waals surface area contributed by atoms with Crippen LogP contribution in [-0.2, 0) is 32.9 Å². The minimum absolute atomic E-state index is 0. The van der Waals surface area contributed by atoms with Gasteiger partial charge in [0, 0.05) is 54.2 Å². The molecule has 56 heavy (non-hydrogen) atoms. The fraction of sp³-hybridized carbons (Fsp3) is 0.216. The number of aryl methyl sites for hydroxylation is 3. The zero-order chi connectivity index (χ0) is 38.2. The Hall–Kier alpha value is -5.35. The van der Waals surface area contributed by atoms with Gasteiger partial charge in [-0.2, -0.15) is 0 Å². The van der Waals surface area contributed by atoms with Crippen LogP contribution in [0, 0.1) is 44.7 Å². The van der Waals surface area contributed by atoms with Crippen molar-refractivity contribution in [2.24, 2.45) is 11.8 Å². The molecule has 4 heterocycles. The largest absolute Gasteiger partial charge is 0.455 e. The van der Waals surface area contributed by atoms with Gasteiger partial charge in [-0.05, 0) is 84.3 Å². The quantitative estimate of drug-likeness (QED) is 0.150. The Balaban J connectivity index is 0.000000253. The molecule has 0 bridgehead atoms. The van der Waals surface area contributed by atoms with E-state index in [1.54, 1.807) is 0 Å². The molecule has 0 aliphatic heterocycles. The van der Waals surface area contributed by atoms with E-state index in [9.17, 15) is 0 Å². The number of nitrogens with zero attached hydrogens (tertiary/aromatic N) is 2. The van der Waals surface area contributed by atoms with Crippen molar-refractivity contribution >= 4 is 43.9 Å². The average molecular weight is 911 g/mol. The van der Waals surface area contributed by atoms with Gasteiger partial charge in [0.05, 0.1) is 5.39 Å². The van der Waals surface area contributed by atoms with Gasteiger partial charge in [-0.1, -0.05) is 88.7 Å². The Bertz CT molecular complexity index is 2790. The summed E-state index contributed by atoms with van der Waals surface area (Å²) in [6, 6.07) is 42.3. The van der Waals surface area contributed by atoms with Crippen LogP contribution in [0.15, 0.2) is 124 Å². The summed E-state index contributed by atoms with van der Waals surface area (Å²) in [5.41, 5.74) is 15.9. The van der Waals surface area contributed by atoms with Gasteiger partial charge in [-0.15, -0.1) is 71.3 Å². The third kappa shape index (κ3) is 7.72. The normalized spacial score (nSPS) is 11.4. The van der Waals surface area contributed by atoms with Crippen molar-refractivity contribution in [2.75, 3.05) is 0 Å². The molecule has 0 aliphatic rings. The SMILES string of the molecule is CC(C)Cc1cccc2c1oc1c2cc(-c2ccnc(-c3[c-]cccc3)c2)c2oc3c(CC(C)C)cccc3c21.Cc1c[c-]c(-c2cc(C)c(C)cn2)cc1.[Ir]. The van der Waals surface area contributed by atoms with Crippen LogP contribution in [0.4, 0.5) is 0 Å². The Morgan fingerprint density at radius 1 is 0.589 bits per heavy atom. The van der Waals surface area contributed by atoms with E-state index in [4.69, 9.17) is 8.83 Å². The molecule has 0 spiro atoms. The van der Waals surface area contributed by atoms with Crippen molar-refractivity contribution in [3.8, 4) is 33.6 Å². The summed E-state index contributed by atoms with van der Waals surface area (Å²) in [5.74, 6) is 1.06. The predicted octanol–water partition coefficient (Wildman–Crippen LogP) is 13.9. The van der Waals surface area contributed by atoms with Crippen LogP contribution in [0.25, 0.3) is 77.5 Å². The molecule has 0 saturated carbocycles. The first-order chi connectivity index (χ1) is 26.6. The van der Waals surface area contributed by atoms with E-state index in [1.165, 1.54) is 27.8 Å². The summed E-state index contributed by atoms with van der Waals surface area (Å²) in [7, 11) is 0. The first-order valence-electron chi connectivity index (χ1n) is 19.3. The molecular formula is C51H46IrN2O2-2. The summed E-state index contributed by atoms with van der Waals surface area (Å²) in [6.07, 6.45) is 5.72. The molecule has 0 N–H and O–H groups in total. The van der Waals surface area contributed by atoms with E-state index in [0.717, 1.165) is 90.4 Å². The predicted molar refractivity (Wildman–Crippen MR) is 228 cm³/mol. The Labute approximate surface area is 343 Å². The fourth-order valence-electron chi connectivity index (χ4n) is 7.48. The first kappa shape index (κ1) is 38.9. The van der Waals surface area contributed by atoms with E-state index in [1.807, 2.05) is 42.7 Å². The minimum atomic E-state index is 0. The molecule has 1 radical (unpaired) electrons. The molecular weight excluding hydrogens is 865 g/mol. The van der Waals surface area contributed by atoms with Gasteiger partial charge >= 0.3 is 0 Å². The van der Waals surface area contributed by atoms with Gasteiger partial charge in [0.15, 0.2) is 0 Å². The van der Waals surface area contributed by atoms with Gasteiger partial charge in [-0.25, -0.2) is 0 Å². The molecule has 9 aromatic rings. The Morgan fingerprint density at radius 3 is 1.93 bits per heavy atom. The second-order valence-corrected chi connectivity index (χ2v) is 15.6. The third-order valence-corrected chi connectivity index (χ3v) is 10.3. The maximum Gasteiger partial charge on any atom is 0.147 e. The van der Waals surface area contributed by atoms with E-state index < -0.39 is 0 Å². The topological polar surface area (TPSA) is 52.1 Å². The number of furan rings is 2. The average Bonchev–Trinajstić information content (AvgIpc) is 3.76. The molecule has 283 valence electrons. The molecule has 0 aliphatic carbocycles. The van der Waals surface area contributed by atoms with E-state index >= 15 is 0 Å². The monoisotopic (exact) mass is 911 g/mol. The van der Waals surface area contributed by atoms with Crippen molar-refractivity contribution in [1.82, 2.24) is 9.97 Å². The van der Waals surface area contributed by atoms with Crippen molar-refractivity contribution in [1.29, 1.82) is 0 Å². The Kier molecular flexibility index (Phi) is 11.4. The molecule has 5 heteroatoms. The second-order valence-electron chi connectivity index (χ2n) is 15.6. The number of hydrogen-bond donors (Lipinski definition) is 0. The minimum Gasteiger partial charge on any atom is -0.455 e. The third-order valence-electron chi connectivity index (χ3n) is 10.3. The van der Waals surface area contributed by atoms with Gasteiger partial charge in [0.25, 0.3) is 0 Å². The molecule has 5 aromatic carbocycles. The summed E-state index contributed by atoms with van der Waals surface area (Å²) < 4.78 is 13.6. The van der Waals surface area contributed by atoms with Crippen LogP contribution < -0.4 is 0 Å².